The Morgan fingerprint density at radius 3 is 2.43 bits per heavy atom. The highest BCUT2D eigenvalue weighted by molar-refractivity contribution is 5.96. The van der Waals surface area contributed by atoms with Crippen LogP contribution in [0.3, 0.4) is 0 Å². The van der Waals surface area contributed by atoms with Gasteiger partial charge in [-0.1, -0.05) is 25.0 Å². The fraction of sp³-hybridized carbons (Fsp3) is 0.629. The molecular formula is C35H48N4O10. The van der Waals surface area contributed by atoms with E-state index in [0.29, 0.717) is 37.3 Å². The third kappa shape index (κ3) is 8.22. The Balaban J connectivity index is 1.36. The van der Waals surface area contributed by atoms with Gasteiger partial charge in [0.15, 0.2) is 11.5 Å². The molecule has 0 unspecified atom stereocenters. The molecule has 1 aliphatic carbocycles. The standard InChI is InChI=1S/C35H48N4O10/c1-34(2,3)49-32(44)36-25-12-10-8-6-7-9-11-23-18-35(23,31(42)43)37-29(40)26-17-24(20-39(26)30(25)41)48-33(45)38-14-13-21-15-27(46-4)28(47-5)16-22(21)19-38/h9,11,15-16,23-26H,6-8,10,12-14,17-20H2,1-5H3,(H,36,44)(H,37,40)(H,42,43)/b11-9-/t23-,24-,25+,26+,35-/m1/s1. The van der Waals surface area contributed by atoms with E-state index in [4.69, 9.17) is 18.9 Å². The van der Waals surface area contributed by atoms with E-state index in [2.05, 4.69) is 10.6 Å². The number of hydrogen-bond donors (Lipinski definition) is 3. The van der Waals surface area contributed by atoms with Gasteiger partial charge >= 0.3 is 18.2 Å². The molecule has 3 aliphatic heterocycles. The van der Waals surface area contributed by atoms with E-state index >= 15 is 0 Å². The van der Waals surface area contributed by atoms with Gasteiger partial charge in [-0.3, -0.25) is 9.59 Å². The number of carboxylic acid groups (broad SMARTS) is 1. The van der Waals surface area contributed by atoms with Crippen molar-refractivity contribution in [1.82, 2.24) is 20.4 Å². The summed E-state index contributed by atoms with van der Waals surface area (Å²) >= 11 is 0. The summed E-state index contributed by atoms with van der Waals surface area (Å²) in [6.07, 6.45) is 5.57. The van der Waals surface area contributed by atoms with Crippen molar-refractivity contribution in [2.45, 2.75) is 108 Å². The normalized spacial score (nSPS) is 27.9. The highest BCUT2D eigenvalue weighted by atomic mass is 16.6. The Morgan fingerprint density at radius 1 is 1.04 bits per heavy atom. The van der Waals surface area contributed by atoms with Crippen LogP contribution in [0.5, 0.6) is 11.5 Å². The van der Waals surface area contributed by atoms with Gasteiger partial charge in [-0.05, 0) is 76.1 Å². The molecule has 14 nitrogen and oxygen atoms in total. The van der Waals surface area contributed by atoms with Gasteiger partial charge in [-0.25, -0.2) is 14.4 Å². The number of amides is 4. The maximum atomic E-state index is 14.2. The summed E-state index contributed by atoms with van der Waals surface area (Å²) in [6.45, 7) is 5.71. The van der Waals surface area contributed by atoms with E-state index in [1.807, 2.05) is 24.3 Å². The summed E-state index contributed by atoms with van der Waals surface area (Å²) in [7, 11) is 3.11. The minimum absolute atomic E-state index is 0.0336. The van der Waals surface area contributed by atoms with Gasteiger partial charge in [0.2, 0.25) is 11.8 Å². The summed E-state index contributed by atoms with van der Waals surface area (Å²) in [6, 6.07) is 1.60. The molecule has 2 fully saturated rings. The Labute approximate surface area is 286 Å². The molecule has 5 rings (SSSR count). The molecule has 14 heteroatoms. The third-order valence-corrected chi connectivity index (χ3v) is 9.56. The van der Waals surface area contributed by atoms with Crippen molar-refractivity contribution in [1.29, 1.82) is 0 Å². The summed E-state index contributed by atoms with van der Waals surface area (Å²) in [5, 5.41) is 15.5. The number of nitrogens with one attached hydrogen (secondary N) is 2. The van der Waals surface area contributed by atoms with Gasteiger partial charge in [-0.15, -0.1) is 0 Å². The summed E-state index contributed by atoms with van der Waals surface area (Å²) in [4.78, 5) is 69.6. The largest absolute Gasteiger partial charge is 0.493 e. The molecule has 4 amide bonds. The molecule has 3 heterocycles. The monoisotopic (exact) mass is 684 g/mol. The Kier molecular flexibility index (Phi) is 10.6. The minimum atomic E-state index is -1.48. The topological polar surface area (TPSA) is 173 Å². The number of alkyl carbamates (subject to hydrolysis) is 1. The van der Waals surface area contributed by atoms with Gasteiger partial charge < -0.3 is 44.5 Å². The lowest BCUT2D eigenvalue weighted by atomic mass is 9.99. The Morgan fingerprint density at radius 2 is 1.76 bits per heavy atom. The number of fused-ring (bicyclic) bond motifs is 3. The molecular weight excluding hydrogens is 636 g/mol. The number of nitrogens with zero attached hydrogens (tertiary/aromatic N) is 2. The van der Waals surface area contributed by atoms with Crippen molar-refractivity contribution in [3.63, 3.8) is 0 Å². The van der Waals surface area contributed by atoms with Gasteiger partial charge in [0.05, 0.1) is 20.8 Å². The molecule has 4 aliphatic rings. The van der Waals surface area contributed by atoms with Crippen molar-refractivity contribution in [2.24, 2.45) is 5.92 Å². The van der Waals surface area contributed by atoms with Gasteiger partial charge in [-0.2, -0.15) is 0 Å². The van der Waals surface area contributed by atoms with Crippen LogP contribution in [0.4, 0.5) is 9.59 Å². The van der Waals surface area contributed by atoms with Crippen molar-refractivity contribution < 1.29 is 48.0 Å². The first kappa shape index (κ1) is 35.8. The lowest BCUT2D eigenvalue weighted by molar-refractivity contribution is -0.145. The van der Waals surface area contributed by atoms with Crippen molar-refractivity contribution >= 4 is 30.0 Å². The average molecular weight is 685 g/mol. The predicted octanol–water partition coefficient (Wildman–Crippen LogP) is 3.54. The van der Waals surface area contributed by atoms with E-state index in [1.54, 1.807) is 39.9 Å². The van der Waals surface area contributed by atoms with Crippen LogP contribution < -0.4 is 20.1 Å². The smallest absolute Gasteiger partial charge is 0.410 e. The molecule has 0 aromatic heterocycles. The van der Waals surface area contributed by atoms with Crippen molar-refractivity contribution in [3.8, 4) is 11.5 Å². The number of methoxy groups -OCH3 is 2. The molecule has 1 aromatic rings. The van der Waals surface area contributed by atoms with Crippen molar-refractivity contribution in [3.05, 3.63) is 35.4 Å². The first-order chi connectivity index (χ1) is 23.2. The fourth-order valence-electron chi connectivity index (χ4n) is 6.85. The molecule has 3 N–H and O–H groups in total. The molecule has 0 spiro atoms. The number of allylic oxidation sites excluding steroid dienone is 1. The molecule has 0 bridgehead atoms. The Hall–Kier alpha value is -4.49. The summed E-state index contributed by atoms with van der Waals surface area (Å²) < 4.78 is 22.2. The lowest BCUT2D eigenvalue weighted by Gasteiger charge is -2.30. The third-order valence-electron chi connectivity index (χ3n) is 9.56. The van der Waals surface area contributed by atoms with Gasteiger partial charge in [0.1, 0.15) is 29.3 Å². The second kappa shape index (κ2) is 14.6. The van der Waals surface area contributed by atoms with Crippen LogP contribution in [-0.2, 0) is 36.8 Å². The van der Waals surface area contributed by atoms with E-state index < -0.39 is 59.3 Å². The number of carboxylic acids is 1. The van der Waals surface area contributed by atoms with Crippen LogP contribution in [0.1, 0.15) is 76.8 Å². The molecule has 1 saturated carbocycles. The van der Waals surface area contributed by atoms with E-state index in [9.17, 15) is 29.1 Å². The average Bonchev–Trinajstić information content (AvgIpc) is 3.58. The second-order valence-corrected chi connectivity index (χ2v) is 14.2. The lowest BCUT2D eigenvalue weighted by Crippen LogP contribution is -2.56. The number of carbonyl (C=O) groups excluding carboxylic acids is 4. The van der Waals surface area contributed by atoms with Gasteiger partial charge in [0.25, 0.3) is 0 Å². The van der Waals surface area contributed by atoms with E-state index in [1.165, 1.54) is 4.90 Å². The highest BCUT2D eigenvalue weighted by Gasteiger charge is 2.61. The first-order valence-electron chi connectivity index (χ1n) is 17.0. The SMILES string of the molecule is COc1cc2c(cc1OC)CN(C(=O)O[C@@H]1C[C@H]3C(=O)N[C@]4(C(=O)O)C[C@H]4/C=C\CCCCC[C@H](NC(=O)OC(C)(C)C)C(=O)N3C1)CC2. The molecule has 1 aromatic carbocycles. The van der Waals surface area contributed by atoms with Gasteiger partial charge in [0, 0.05) is 25.4 Å². The van der Waals surface area contributed by atoms with Crippen LogP contribution in [0.15, 0.2) is 24.3 Å². The first-order valence-corrected chi connectivity index (χ1v) is 17.0. The number of rotatable bonds is 5. The zero-order chi connectivity index (χ0) is 35.5. The minimum Gasteiger partial charge on any atom is -0.493 e. The van der Waals surface area contributed by atoms with Crippen LogP contribution in [0, 0.1) is 5.92 Å². The number of ether oxygens (including phenoxy) is 4. The molecule has 5 atom stereocenters. The Bertz CT molecular complexity index is 1490. The van der Waals surface area contributed by atoms with Crippen LogP contribution in [-0.4, -0.2) is 102 Å². The number of carbonyl (C=O) groups is 5. The zero-order valence-electron chi connectivity index (χ0n) is 28.9. The van der Waals surface area contributed by atoms with Crippen LogP contribution in [0.25, 0.3) is 0 Å². The van der Waals surface area contributed by atoms with E-state index in [0.717, 1.165) is 30.4 Å². The zero-order valence-corrected chi connectivity index (χ0v) is 28.9. The van der Waals surface area contributed by atoms with Crippen molar-refractivity contribution in [2.75, 3.05) is 27.3 Å². The predicted molar refractivity (Wildman–Crippen MR) is 176 cm³/mol. The summed E-state index contributed by atoms with van der Waals surface area (Å²) in [5.41, 5.74) is -0.360. The fourth-order valence-corrected chi connectivity index (χ4v) is 6.85. The van der Waals surface area contributed by atoms with E-state index in [-0.39, 0.29) is 31.8 Å². The summed E-state index contributed by atoms with van der Waals surface area (Å²) in [5.74, 6) is -1.55. The maximum absolute atomic E-state index is 14.2. The molecule has 49 heavy (non-hydrogen) atoms. The maximum Gasteiger partial charge on any atom is 0.410 e. The molecule has 1 saturated heterocycles. The number of benzene rings is 1. The second-order valence-electron chi connectivity index (χ2n) is 14.2. The van der Waals surface area contributed by atoms with Crippen LogP contribution >= 0.6 is 0 Å². The number of hydrogen-bond acceptors (Lipinski definition) is 9. The van der Waals surface area contributed by atoms with Crippen LogP contribution in [0.2, 0.25) is 0 Å². The number of aliphatic carboxylic acids is 1. The molecule has 268 valence electrons. The molecule has 0 radical (unpaired) electrons. The quantitative estimate of drug-likeness (QED) is 0.390. The highest BCUT2D eigenvalue weighted by Crippen LogP contribution is 2.45.